The van der Waals surface area contributed by atoms with Crippen molar-refractivity contribution in [3.63, 3.8) is 0 Å². The molecule has 0 bridgehead atoms. The topological polar surface area (TPSA) is 61.0 Å². The molecule has 0 N–H and O–H groups in total. The molecule has 0 spiro atoms. The number of aryl methyl sites for hydroxylation is 2. The largest absolute Gasteiger partial charge is 0.414 e. The first kappa shape index (κ1) is 15.0. The third kappa shape index (κ3) is 3.08. The number of fused-ring (bicyclic) bond motifs is 1. The van der Waals surface area contributed by atoms with Gasteiger partial charge in [-0.3, -0.25) is 0 Å². The van der Waals surface area contributed by atoms with Crippen molar-refractivity contribution in [3.8, 4) is 22.4 Å². The summed E-state index contributed by atoms with van der Waals surface area (Å²) in [4.78, 5) is 7.01. The standard InChI is InChI=1S/C16H17N3O2S2/c1-20-8-14-17-11(9-22-14)15-18-19-16(21-15)13-7-10-5-3-2-4-6-12(10)23-13/h7,9H,2-6,8H2,1H3. The zero-order valence-corrected chi connectivity index (χ0v) is 14.5. The lowest BCUT2D eigenvalue weighted by molar-refractivity contribution is 0.184. The first-order valence-electron chi connectivity index (χ1n) is 7.72. The molecule has 0 unspecified atom stereocenters. The number of hydrogen-bond donors (Lipinski definition) is 0. The van der Waals surface area contributed by atoms with Crippen LogP contribution in [0.3, 0.4) is 0 Å². The van der Waals surface area contributed by atoms with Crippen LogP contribution in [-0.4, -0.2) is 22.3 Å². The Hall–Kier alpha value is -1.57. The van der Waals surface area contributed by atoms with E-state index in [4.69, 9.17) is 9.15 Å². The molecule has 0 aromatic carbocycles. The van der Waals surface area contributed by atoms with Gasteiger partial charge in [0.25, 0.3) is 11.8 Å². The second-order valence-electron chi connectivity index (χ2n) is 5.59. The molecule has 0 fully saturated rings. The minimum Gasteiger partial charge on any atom is -0.414 e. The van der Waals surface area contributed by atoms with Crippen molar-refractivity contribution in [2.75, 3.05) is 7.11 Å². The lowest BCUT2D eigenvalue weighted by atomic mass is 10.1. The molecule has 0 atom stereocenters. The van der Waals surface area contributed by atoms with Crippen molar-refractivity contribution in [2.24, 2.45) is 0 Å². The van der Waals surface area contributed by atoms with E-state index in [2.05, 4.69) is 21.2 Å². The number of methoxy groups -OCH3 is 1. The molecule has 1 aliphatic carbocycles. The van der Waals surface area contributed by atoms with Crippen molar-refractivity contribution in [2.45, 2.75) is 38.7 Å². The molecule has 5 nitrogen and oxygen atoms in total. The molecule has 120 valence electrons. The summed E-state index contributed by atoms with van der Waals surface area (Å²) in [6, 6.07) is 2.22. The van der Waals surface area contributed by atoms with Gasteiger partial charge in [0, 0.05) is 17.4 Å². The Bertz CT molecular complexity index is 782. The van der Waals surface area contributed by atoms with Crippen LogP contribution in [0.5, 0.6) is 0 Å². The number of nitrogens with zero attached hydrogens (tertiary/aromatic N) is 3. The number of aromatic nitrogens is 3. The highest BCUT2D eigenvalue weighted by Crippen LogP contribution is 2.35. The highest BCUT2D eigenvalue weighted by molar-refractivity contribution is 7.15. The van der Waals surface area contributed by atoms with E-state index in [-0.39, 0.29) is 0 Å². The second-order valence-corrected chi connectivity index (χ2v) is 7.67. The Labute approximate surface area is 142 Å². The Balaban J connectivity index is 1.60. The Morgan fingerprint density at radius 1 is 1.17 bits per heavy atom. The molecule has 1 aliphatic rings. The number of thiophene rings is 1. The van der Waals surface area contributed by atoms with Gasteiger partial charge in [-0.2, -0.15) is 0 Å². The van der Waals surface area contributed by atoms with Gasteiger partial charge >= 0.3 is 0 Å². The third-order valence-corrected chi connectivity index (χ3v) is 5.97. The average molecular weight is 347 g/mol. The summed E-state index contributed by atoms with van der Waals surface area (Å²) in [5.74, 6) is 1.07. The van der Waals surface area contributed by atoms with Crippen molar-refractivity contribution in [3.05, 3.63) is 26.9 Å². The van der Waals surface area contributed by atoms with Gasteiger partial charge in [0.2, 0.25) is 0 Å². The quantitative estimate of drug-likeness (QED) is 0.657. The van der Waals surface area contributed by atoms with Gasteiger partial charge in [0.1, 0.15) is 10.7 Å². The predicted octanol–water partition coefficient (Wildman–Crippen LogP) is 4.34. The van der Waals surface area contributed by atoms with Crippen molar-refractivity contribution in [1.82, 2.24) is 15.2 Å². The van der Waals surface area contributed by atoms with E-state index in [0.717, 1.165) is 15.6 Å². The normalized spacial score (nSPS) is 14.7. The number of thiazole rings is 1. The summed E-state index contributed by atoms with van der Waals surface area (Å²) < 4.78 is 10.9. The van der Waals surface area contributed by atoms with Gasteiger partial charge in [0.15, 0.2) is 0 Å². The lowest BCUT2D eigenvalue weighted by Crippen LogP contribution is -1.86. The zero-order valence-electron chi connectivity index (χ0n) is 12.9. The van der Waals surface area contributed by atoms with Crippen LogP contribution < -0.4 is 0 Å². The molecule has 3 aromatic heterocycles. The lowest BCUT2D eigenvalue weighted by Gasteiger charge is -1.92. The van der Waals surface area contributed by atoms with Crippen LogP contribution in [0.2, 0.25) is 0 Å². The molecule has 3 aromatic rings. The van der Waals surface area contributed by atoms with E-state index in [1.165, 1.54) is 53.9 Å². The Morgan fingerprint density at radius 2 is 2.04 bits per heavy atom. The van der Waals surface area contributed by atoms with Crippen molar-refractivity contribution >= 4 is 22.7 Å². The highest BCUT2D eigenvalue weighted by Gasteiger charge is 2.18. The fourth-order valence-corrected chi connectivity index (χ4v) is 4.71. The van der Waals surface area contributed by atoms with E-state index in [9.17, 15) is 0 Å². The summed E-state index contributed by atoms with van der Waals surface area (Å²) in [7, 11) is 1.66. The maximum absolute atomic E-state index is 5.85. The van der Waals surface area contributed by atoms with Crippen LogP contribution in [0, 0.1) is 0 Å². The smallest absolute Gasteiger partial charge is 0.267 e. The van der Waals surface area contributed by atoms with Gasteiger partial charge in [-0.25, -0.2) is 4.98 Å². The van der Waals surface area contributed by atoms with Gasteiger partial charge in [-0.05, 0) is 37.3 Å². The van der Waals surface area contributed by atoms with Crippen LogP contribution in [-0.2, 0) is 24.2 Å². The molecule has 23 heavy (non-hydrogen) atoms. The van der Waals surface area contributed by atoms with Crippen LogP contribution in [0.15, 0.2) is 15.9 Å². The van der Waals surface area contributed by atoms with E-state index in [0.29, 0.717) is 18.4 Å². The van der Waals surface area contributed by atoms with Gasteiger partial charge in [-0.1, -0.05) is 6.42 Å². The van der Waals surface area contributed by atoms with Crippen LogP contribution in [0.25, 0.3) is 22.4 Å². The Kier molecular flexibility index (Phi) is 4.24. The predicted molar refractivity (Wildman–Crippen MR) is 90.7 cm³/mol. The Morgan fingerprint density at radius 3 is 2.96 bits per heavy atom. The molecule has 3 heterocycles. The van der Waals surface area contributed by atoms with Crippen molar-refractivity contribution < 1.29 is 9.15 Å². The van der Waals surface area contributed by atoms with E-state index < -0.39 is 0 Å². The minimum absolute atomic E-state index is 0.474. The summed E-state index contributed by atoms with van der Waals surface area (Å²) in [5, 5.41) is 11.2. The van der Waals surface area contributed by atoms with E-state index in [1.807, 2.05) is 5.38 Å². The maximum atomic E-state index is 5.85. The summed E-state index contributed by atoms with van der Waals surface area (Å²) in [5.41, 5.74) is 2.18. The van der Waals surface area contributed by atoms with Crippen LogP contribution in [0.1, 0.15) is 34.7 Å². The maximum Gasteiger partial charge on any atom is 0.267 e. The highest BCUT2D eigenvalue weighted by atomic mass is 32.1. The third-order valence-electron chi connectivity index (χ3n) is 3.92. The molecule has 0 saturated carbocycles. The molecular formula is C16H17N3O2S2. The van der Waals surface area contributed by atoms with Crippen LogP contribution in [0.4, 0.5) is 0 Å². The number of rotatable bonds is 4. The number of ether oxygens (including phenoxy) is 1. The van der Waals surface area contributed by atoms with E-state index >= 15 is 0 Å². The summed E-state index contributed by atoms with van der Waals surface area (Å²) in [6.45, 7) is 0.503. The van der Waals surface area contributed by atoms with Crippen molar-refractivity contribution in [1.29, 1.82) is 0 Å². The van der Waals surface area contributed by atoms with Crippen LogP contribution >= 0.6 is 22.7 Å². The zero-order chi connectivity index (χ0) is 15.6. The molecule has 4 rings (SSSR count). The fourth-order valence-electron chi connectivity index (χ4n) is 2.80. The molecular weight excluding hydrogens is 330 g/mol. The minimum atomic E-state index is 0.474. The first-order valence-corrected chi connectivity index (χ1v) is 9.42. The van der Waals surface area contributed by atoms with Gasteiger partial charge in [0.05, 0.1) is 11.5 Å². The molecule has 0 amide bonds. The van der Waals surface area contributed by atoms with Gasteiger partial charge < -0.3 is 9.15 Å². The molecule has 7 heteroatoms. The summed E-state index contributed by atoms with van der Waals surface area (Å²) in [6.07, 6.45) is 6.23. The summed E-state index contributed by atoms with van der Waals surface area (Å²) >= 11 is 3.33. The SMILES string of the molecule is COCc1nc(-c2nnc(-c3cc4c(s3)CCCCC4)o2)cs1. The first-order chi connectivity index (χ1) is 11.3. The fraction of sp³-hybridized carbons (Fsp3) is 0.438. The monoisotopic (exact) mass is 347 g/mol. The van der Waals surface area contributed by atoms with E-state index in [1.54, 1.807) is 18.4 Å². The number of hydrogen-bond acceptors (Lipinski definition) is 7. The van der Waals surface area contributed by atoms with Gasteiger partial charge in [-0.15, -0.1) is 32.9 Å². The molecule has 0 radical (unpaired) electrons. The molecule has 0 saturated heterocycles. The second kappa shape index (κ2) is 6.51. The average Bonchev–Trinajstić information content (AvgIpc) is 3.25. The molecule has 0 aliphatic heterocycles.